The van der Waals surface area contributed by atoms with Gasteiger partial charge in [-0.3, -0.25) is 0 Å². The van der Waals surface area contributed by atoms with Gasteiger partial charge in [0.15, 0.2) is 0 Å². The van der Waals surface area contributed by atoms with Gasteiger partial charge in [-0.1, -0.05) is 48.5 Å². The largest absolute Gasteiger partial charge is 0.0616 e. The highest BCUT2D eigenvalue weighted by Gasteiger charge is 2.13. The molecule has 0 saturated heterocycles. The quantitative estimate of drug-likeness (QED) is 0.304. The summed E-state index contributed by atoms with van der Waals surface area (Å²) in [5, 5.41) is 13.9. The van der Waals surface area contributed by atoms with Crippen molar-refractivity contribution in [2.45, 2.75) is 0 Å². The lowest BCUT2D eigenvalue weighted by atomic mass is 9.88. The molecule has 0 spiro atoms. The molecule has 0 aliphatic carbocycles. The molecule has 6 aromatic carbocycles. The highest BCUT2D eigenvalue weighted by molar-refractivity contribution is 6.31. The van der Waals surface area contributed by atoms with Crippen molar-refractivity contribution in [3.63, 3.8) is 0 Å². The van der Waals surface area contributed by atoms with Crippen molar-refractivity contribution in [3.05, 3.63) is 72.8 Å². The first-order chi connectivity index (χ1) is 10.9. The highest BCUT2D eigenvalue weighted by Crippen LogP contribution is 2.41. The Morgan fingerprint density at radius 3 is 0.864 bits per heavy atom. The molecule has 100 valence electrons. The maximum Gasteiger partial charge on any atom is -0.00926 e. The second kappa shape index (κ2) is 3.48. The topological polar surface area (TPSA) is 0 Å². The van der Waals surface area contributed by atoms with Gasteiger partial charge in [-0.15, -0.1) is 0 Å². The maximum absolute atomic E-state index is 2.36. The van der Waals surface area contributed by atoms with Crippen LogP contribution in [0.2, 0.25) is 0 Å². The molecule has 0 heterocycles. The van der Waals surface area contributed by atoms with Crippen LogP contribution in [0.1, 0.15) is 0 Å². The molecule has 0 saturated carbocycles. The first kappa shape index (κ1) is 10.8. The van der Waals surface area contributed by atoms with Crippen molar-refractivity contribution in [2.24, 2.45) is 0 Å². The Labute approximate surface area is 127 Å². The van der Waals surface area contributed by atoms with E-state index in [1.54, 1.807) is 0 Å². The van der Waals surface area contributed by atoms with E-state index in [2.05, 4.69) is 72.8 Å². The van der Waals surface area contributed by atoms with Gasteiger partial charge < -0.3 is 0 Å². The predicted octanol–water partition coefficient (Wildman–Crippen LogP) is 6.33. The van der Waals surface area contributed by atoms with Gasteiger partial charge in [-0.25, -0.2) is 0 Å². The maximum atomic E-state index is 2.36. The van der Waals surface area contributed by atoms with Crippen LogP contribution in [0.4, 0.5) is 0 Å². The molecule has 0 aliphatic rings. The summed E-state index contributed by atoms with van der Waals surface area (Å²) >= 11 is 0. The minimum absolute atomic E-state index is 1.35. The molecule has 0 N–H and O–H groups in total. The first-order valence-electron chi connectivity index (χ1n) is 7.71. The van der Waals surface area contributed by atoms with E-state index in [9.17, 15) is 0 Å². The average Bonchev–Trinajstić information content (AvgIpc) is 2.57. The van der Waals surface area contributed by atoms with Crippen LogP contribution in [0.3, 0.4) is 0 Å². The number of benzene rings is 4. The van der Waals surface area contributed by atoms with E-state index >= 15 is 0 Å². The van der Waals surface area contributed by atoms with E-state index in [-0.39, 0.29) is 0 Å². The second-order valence-electron chi connectivity index (χ2n) is 6.23. The lowest BCUT2D eigenvalue weighted by molar-refractivity contribution is 1.79. The van der Waals surface area contributed by atoms with E-state index in [0.717, 1.165) is 0 Å². The van der Waals surface area contributed by atoms with Crippen molar-refractivity contribution in [2.75, 3.05) is 0 Å². The summed E-state index contributed by atoms with van der Waals surface area (Å²) < 4.78 is 0. The third-order valence-corrected chi connectivity index (χ3v) is 5.13. The molecule has 0 unspecified atom stereocenters. The molecule has 0 nitrogen and oxygen atoms in total. The van der Waals surface area contributed by atoms with Gasteiger partial charge in [0.1, 0.15) is 0 Å². The Bertz CT molecular complexity index is 1110. The number of hydrogen-bond donors (Lipinski definition) is 0. The minimum Gasteiger partial charge on any atom is -0.0616 e. The molecule has 0 bridgehead atoms. The van der Waals surface area contributed by atoms with Gasteiger partial charge in [0, 0.05) is 0 Å². The summed E-state index contributed by atoms with van der Waals surface area (Å²) in [5.74, 6) is 0. The molecular formula is C22H12. The van der Waals surface area contributed by atoms with Crippen LogP contribution < -0.4 is 0 Å². The summed E-state index contributed by atoms with van der Waals surface area (Å²) in [6, 6.07) is 26.8. The Morgan fingerprint density at radius 1 is 0.318 bits per heavy atom. The van der Waals surface area contributed by atoms with Gasteiger partial charge in [0.25, 0.3) is 0 Å². The van der Waals surface area contributed by atoms with E-state index in [4.69, 9.17) is 0 Å². The monoisotopic (exact) mass is 276 g/mol. The zero-order valence-corrected chi connectivity index (χ0v) is 11.9. The van der Waals surface area contributed by atoms with Gasteiger partial charge in [0.05, 0.1) is 0 Å². The van der Waals surface area contributed by atoms with E-state index < -0.39 is 0 Å². The Hall–Kier alpha value is -2.86. The molecule has 6 rings (SSSR count). The fourth-order valence-corrected chi connectivity index (χ4v) is 4.02. The van der Waals surface area contributed by atoms with Crippen LogP contribution >= 0.6 is 0 Å². The molecule has 22 heavy (non-hydrogen) atoms. The second-order valence-corrected chi connectivity index (χ2v) is 6.23. The summed E-state index contributed by atoms with van der Waals surface area (Å²) in [5.41, 5.74) is 0. The third kappa shape index (κ3) is 1.12. The van der Waals surface area contributed by atoms with Crippen LogP contribution in [-0.2, 0) is 0 Å². The molecule has 0 radical (unpaired) electrons. The molecule has 0 heteroatoms. The predicted molar refractivity (Wildman–Crippen MR) is 96.3 cm³/mol. The molecule has 0 aliphatic heterocycles. The van der Waals surface area contributed by atoms with E-state index in [1.165, 1.54) is 53.9 Å². The number of fused-ring (bicyclic) bond motifs is 9. The number of hydrogen-bond acceptors (Lipinski definition) is 0. The van der Waals surface area contributed by atoms with Crippen molar-refractivity contribution in [3.8, 4) is 0 Å². The summed E-state index contributed by atoms with van der Waals surface area (Å²) in [7, 11) is 0. The van der Waals surface area contributed by atoms with Gasteiger partial charge in [0.2, 0.25) is 0 Å². The molecule has 0 aromatic heterocycles. The average molecular weight is 276 g/mol. The fourth-order valence-electron chi connectivity index (χ4n) is 4.02. The fraction of sp³-hybridized carbons (Fsp3) is 0. The smallest absolute Gasteiger partial charge is 0.00926 e. The van der Waals surface area contributed by atoms with E-state index in [0.29, 0.717) is 0 Å². The van der Waals surface area contributed by atoms with Gasteiger partial charge in [-0.05, 0) is 78.1 Å². The van der Waals surface area contributed by atoms with Gasteiger partial charge >= 0.3 is 0 Å². The summed E-state index contributed by atoms with van der Waals surface area (Å²) in [4.78, 5) is 0. The molecule has 0 atom stereocenters. The van der Waals surface area contributed by atoms with E-state index in [1.807, 2.05) is 0 Å². The zero-order valence-electron chi connectivity index (χ0n) is 11.9. The van der Waals surface area contributed by atoms with Crippen LogP contribution in [-0.4, -0.2) is 0 Å². The van der Waals surface area contributed by atoms with Crippen LogP contribution in [0.25, 0.3) is 53.9 Å². The third-order valence-electron chi connectivity index (χ3n) is 5.13. The highest BCUT2D eigenvalue weighted by atomic mass is 14.2. The summed E-state index contributed by atoms with van der Waals surface area (Å²) in [6.45, 7) is 0. The normalized spacial score (nSPS) is 12.5. The Kier molecular flexibility index (Phi) is 1.71. The Morgan fingerprint density at radius 2 is 0.591 bits per heavy atom. The summed E-state index contributed by atoms with van der Waals surface area (Å²) in [6.07, 6.45) is 0. The van der Waals surface area contributed by atoms with Crippen LogP contribution in [0.5, 0.6) is 0 Å². The molecule has 0 amide bonds. The number of rotatable bonds is 0. The van der Waals surface area contributed by atoms with Crippen molar-refractivity contribution >= 4 is 53.9 Å². The first-order valence-corrected chi connectivity index (χ1v) is 7.71. The Balaban J connectivity index is 1.79. The molecule has 6 aromatic rings. The molecule has 0 fully saturated rings. The lowest BCUT2D eigenvalue weighted by Crippen LogP contribution is -1.88. The lowest BCUT2D eigenvalue weighted by Gasteiger charge is -2.16. The van der Waals surface area contributed by atoms with Crippen molar-refractivity contribution < 1.29 is 0 Å². The standard InChI is InChI=1S/C22H12/c1-2-6-16-15(5-1)19-9-13-11-21-17-7-3-4-8-18(17)22(21)12-14(13)10-20(16)19/h1-12H. The van der Waals surface area contributed by atoms with Crippen LogP contribution in [0.15, 0.2) is 72.8 Å². The van der Waals surface area contributed by atoms with Crippen molar-refractivity contribution in [1.82, 2.24) is 0 Å². The zero-order chi connectivity index (χ0) is 14.3. The minimum atomic E-state index is 1.35. The van der Waals surface area contributed by atoms with Crippen LogP contribution in [0, 0.1) is 0 Å². The molecular weight excluding hydrogens is 264 g/mol. The van der Waals surface area contributed by atoms with Gasteiger partial charge in [-0.2, -0.15) is 0 Å². The van der Waals surface area contributed by atoms with Crippen molar-refractivity contribution in [1.29, 1.82) is 0 Å². The SMILES string of the molecule is c1ccc2c(c1)c1cc3cc4c5ccccc5c4cc3cc21.